The summed E-state index contributed by atoms with van der Waals surface area (Å²) in [6.45, 7) is 7.15. The van der Waals surface area contributed by atoms with Crippen LogP contribution in [0.25, 0.3) is 0 Å². The van der Waals surface area contributed by atoms with Gasteiger partial charge in [0, 0.05) is 24.0 Å². The van der Waals surface area contributed by atoms with Gasteiger partial charge in [-0.1, -0.05) is 0 Å². The normalized spacial score (nSPS) is 21.8. The average Bonchev–Trinajstić information content (AvgIpc) is 2.62. The van der Waals surface area contributed by atoms with E-state index < -0.39 is 16.8 Å². The Morgan fingerprint density at radius 1 is 1.15 bits per heavy atom. The summed E-state index contributed by atoms with van der Waals surface area (Å²) in [4.78, 5) is 22.8. The van der Waals surface area contributed by atoms with Crippen molar-refractivity contribution in [2.45, 2.75) is 33.2 Å². The molecule has 6 nitrogen and oxygen atoms in total. The second-order valence-electron chi connectivity index (χ2n) is 7.54. The minimum absolute atomic E-state index is 0.0716. The van der Waals surface area contributed by atoms with E-state index in [1.165, 1.54) is 11.0 Å². The van der Waals surface area contributed by atoms with Gasteiger partial charge in [-0.05, 0) is 58.0 Å². The molecular weight excluding hydrogens is 345 g/mol. The molecule has 2 aromatic rings. The quantitative estimate of drug-likeness (QED) is 0.869. The zero-order valence-electron chi connectivity index (χ0n) is 16.2. The first-order valence-electron chi connectivity index (χ1n) is 8.69. The molecule has 0 bridgehead atoms. The van der Waals surface area contributed by atoms with Crippen LogP contribution in [0.5, 0.6) is 0 Å². The predicted octanol–water partition coefficient (Wildman–Crippen LogP) is 3.30. The molecule has 27 heavy (non-hydrogen) atoms. The Balaban J connectivity index is 2.08. The van der Waals surface area contributed by atoms with Crippen molar-refractivity contribution >= 4 is 23.2 Å². The fourth-order valence-electron chi connectivity index (χ4n) is 3.26. The number of anilines is 2. The summed E-state index contributed by atoms with van der Waals surface area (Å²) < 4.78 is 14.8. The molecule has 0 fully saturated rings. The smallest absolute Gasteiger partial charge is 0.237 e. The maximum absolute atomic E-state index is 14.8. The van der Waals surface area contributed by atoms with Gasteiger partial charge < -0.3 is 11.1 Å². The molecule has 1 amide bonds. The Kier molecular flexibility index (Phi) is 4.41. The summed E-state index contributed by atoms with van der Waals surface area (Å²) in [5.41, 5.74) is 6.49. The Labute approximate surface area is 158 Å². The van der Waals surface area contributed by atoms with Crippen LogP contribution in [0.4, 0.5) is 15.8 Å². The molecule has 0 saturated heterocycles. The number of rotatable bonds is 3. The number of nitrogens with zero attached hydrogens (tertiary/aromatic N) is 3. The Morgan fingerprint density at radius 2 is 1.81 bits per heavy atom. The largest absolute Gasteiger partial charge is 0.369 e. The van der Waals surface area contributed by atoms with Crippen molar-refractivity contribution in [2.75, 3.05) is 12.4 Å². The number of hydrogen-bond donors (Lipinski definition) is 2. The van der Waals surface area contributed by atoms with Crippen LogP contribution in [-0.4, -0.2) is 28.8 Å². The number of amides is 1. The van der Waals surface area contributed by atoms with Crippen LogP contribution < -0.4 is 11.1 Å². The third-order valence-corrected chi connectivity index (χ3v) is 5.43. The molecule has 142 valence electrons. The number of hydrogen-bond acceptors (Lipinski definition) is 5. The number of benzene rings is 1. The Hall–Kier alpha value is -2.96. The number of guanidine groups is 1. The molecule has 0 spiro atoms. The second kappa shape index (κ2) is 6.33. The van der Waals surface area contributed by atoms with Crippen molar-refractivity contribution in [3.8, 4) is 0 Å². The number of aryl methyl sites for hydroxylation is 1. The molecule has 3 N–H and O–H groups in total. The summed E-state index contributed by atoms with van der Waals surface area (Å²) in [5, 5.41) is 3.21. The summed E-state index contributed by atoms with van der Waals surface area (Å²) in [5.74, 6) is -0.577. The number of nitrogens with two attached hydrogens (primary N) is 1. The van der Waals surface area contributed by atoms with Gasteiger partial charge in [-0.15, -0.1) is 0 Å². The van der Waals surface area contributed by atoms with Gasteiger partial charge in [0.25, 0.3) is 0 Å². The lowest BCUT2D eigenvalue weighted by molar-refractivity contribution is -0.140. The number of aromatic nitrogens is 1. The highest BCUT2D eigenvalue weighted by atomic mass is 19.1. The standard InChI is InChI=1S/C20H24FN5O/c1-12-6-7-14(11-23-12)24-13-8-9-16(21)15(10-13)20(4)19(2,3)17(27)26(5)18(22)25-20/h6-11,24H,1-5H3,(H2,22,25)/t20-/m1/s1. The zero-order valence-corrected chi connectivity index (χ0v) is 16.2. The first-order chi connectivity index (χ1) is 12.6. The minimum Gasteiger partial charge on any atom is -0.369 e. The highest BCUT2D eigenvalue weighted by molar-refractivity contribution is 6.01. The molecule has 0 aliphatic carbocycles. The van der Waals surface area contributed by atoms with Gasteiger partial charge in [-0.2, -0.15) is 0 Å². The fraction of sp³-hybridized carbons (Fsp3) is 0.350. The first kappa shape index (κ1) is 18.8. The van der Waals surface area contributed by atoms with Crippen LogP contribution in [0.1, 0.15) is 32.0 Å². The van der Waals surface area contributed by atoms with Gasteiger partial charge in [0.1, 0.15) is 11.4 Å². The monoisotopic (exact) mass is 369 g/mol. The number of carbonyl (C=O) groups is 1. The second-order valence-corrected chi connectivity index (χ2v) is 7.54. The highest BCUT2D eigenvalue weighted by Gasteiger charge is 2.53. The molecule has 0 saturated carbocycles. The van der Waals surface area contributed by atoms with Gasteiger partial charge in [-0.25, -0.2) is 9.38 Å². The van der Waals surface area contributed by atoms with E-state index in [2.05, 4.69) is 15.3 Å². The molecular formula is C20H24FN5O. The topological polar surface area (TPSA) is 83.6 Å². The summed E-state index contributed by atoms with van der Waals surface area (Å²) >= 11 is 0. The molecule has 1 aliphatic rings. The van der Waals surface area contributed by atoms with Crippen LogP contribution in [-0.2, 0) is 10.3 Å². The van der Waals surface area contributed by atoms with Crippen LogP contribution in [0.3, 0.4) is 0 Å². The molecule has 7 heteroatoms. The molecule has 2 heterocycles. The molecule has 1 aromatic carbocycles. The van der Waals surface area contributed by atoms with E-state index in [1.807, 2.05) is 19.1 Å². The summed E-state index contributed by atoms with van der Waals surface area (Å²) in [6.07, 6.45) is 1.71. The van der Waals surface area contributed by atoms with Crippen molar-refractivity contribution in [3.05, 3.63) is 53.6 Å². The maximum Gasteiger partial charge on any atom is 0.237 e. The van der Waals surface area contributed by atoms with Crippen molar-refractivity contribution in [1.29, 1.82) is 0 Å². The van der Waals surface area contributed by atoms with E-state index in [-0.39, 0.29) is 11.9 Å². The van der Waals surface area contributed by atoms with Crippen LogP contribution in [0.2, 0.25) is 0 Å². The van der Waals surface area contributed by atoms with E-state index in [1.54, 1.807) is 46.1 Å². The van der Waals surface area contributed by atoms with Gasteiger partial charge >= 0.3 is 0 Å². The lowest BCUT2D eigenvalue weighted by atomic mass is 9.67. The van der Waals surface area contributed by atoms with Gasteiger partial charge in [0.2, 0.25) is 5.91 Å². The van der Waals surface area contributed by atoms with E-state index in [4.69, 9.17) is 5.73 Å². The fourth-order valence-corrected chi connectivity index (χ4v) is 3.26. The summed E-state index contributed by atoms with van der Waals surface area (Å²) in [7, 11) is 1.57. The van der Waals surface area contributed by atoms with Crippen molar-refractivity contribution in [3.63, 3.8) is 0 Å². The first-order valence-corrected chi connectivity index (χ1v) is 8.69. The number of nitrogens with one attached hydrogen (secondary N) is 1. The number of aliphatic imine (C=N–C) groups is 1. The lowest BCUT2D eigenvalue weighted by Gasteiger charge is -2.46. The average molecular weight is 369 g/mol. The lowest BCUT2D eigenvalue weighted by Crippen LogP contribution is -2.58. The Morgan fingerprint density at radius 3 is 2.44 bits per heavy atom. The molecule has 0 unspecified atom stereocenters. The SMILES string of the molecule is Cc1ccc(Nc2ccc(F)c([C@@]3(C)N=C(N)N(C)C(=O)C3(C)C)c2)cn1. The molecule has 3 rings (SSSR count). The van der Waals surface area contributed by atoms with Gasteiger partial charge in [0.05, 0.1) is 17.3 Å². The molecule has 0 radical (unpaired) electrons. The van der Waals surface area contributed by atoms with Crippen LogP contribution in [0.15, 0.2) is 41.5 Å². The van der Waals surface area contributed by atoms with E-state index in [0.29, 0.717) is 11.3 Å². The van der Waals surface area contributed by atoms with Crippen molar-refractivity contribution in [1.82, 2.24) is 9.88 Å². The zero-order chi connectivity index (χ0) is 20.0. The molecule has 1 atom stereocenters. The molecule has 1 aliphatic heterocycles. The number of carbonyl (C=O) groups excluding carboxylic acids is 1. The van der Waals surface area contributed by atoms with E-state index in [9.17, 15) is 9.18 Å². The third kappa shape index (κ3) is 3.03. The van der Waals surface area contributed by atoms with Gasteiger partial charge in [0.15, 0.2) is 5.96 Å². The van der Waals surface area contributed by atoms with E-state index >= 15 is 0 Å². The third-order valence-electron chi connectivity index (χ3n) is 5.43. The minimum atomic E-state index is -1.14. The van der Waals surface area contributed by atoms with Crippen LogP contribution >= 0.6 is 0 Å². The van der Waals surface area contributed by atoms with E-state index in [0.717, 1.165) is 11.4 Å². The van der Waals surface area contributed by atoms with Crippen LogP contribution in [0, 0.1) is 18.2 Å². The predicted molar refractivity (Wildman–Crippen MR) is 104 cm³/mol. The van der Waals surface area contributed by atoms with Crippen molar-refractivity contribution in [2.24, 2.45) is 16.1 Å². The van der Waals surface area contributed by atoms with Gasteiger partial charge in [-0.3, -0.25) is 14.7 Å². The highest BCUT2D eigenvalue weighted by Crippen LogP contribution is 2.47. The summed E-state index contributed by atoms with van der Waals surface area (Å²) in [6, 6.07) is 8.46. The Bertz CT molecular complexity index is 922. The number of halogens is 1. The molecule has 1 aromatic heterocycles. The maximum atomic E-state index is 14.8. The number of pyridine rings is 1. The van der Waals surface area contributed by atoms with Crippen molar-refractivity contribution < 1.29 is 9.18 Å².